The number of carbonyl (C=O) groups excluding carboxylic acids is 2. The molecule has 0 aliphatic rings. The minimum atomic E-state index is -8.82. The van der Waals surface area contributed by atoms with E-state index in [1.807, 2.05) is 0 Å². The van der Waals surface area contributed by atoms with Crippen molar-refractivity contribution in [2.45, 2.75) is 67.3 Å². The lowest BCUT2D eigenvalue weighted by Gasteiger charge is -2.42. The zero-order valence-electron chi connectivity index (χ0n) is 18.8. The molecule has 0 radical (unpaired) electrons. The summed E-state index contributed by atoms with van der Waals surface area (Å²) in [7, 11) is 0. The Balaban J connectivity index is 5.91. The van der Waals surface area contributed by atoms with Crippen LogP contribution in [-0.2, 0) is 14.3 Å². The molecule has 0 saturated carbocycles. The van der Waals surface area contributed by atoms with Gasteiger partial charge in [-0.05, 0) is 6.92 Å². The van der Waals surface area contributed by atoms with Gasteiger partial charge >= 0.3 is 59.7 Å². The van der Waals surface area contributed by atoms with Crippen molar-refractivity contribution in [3.05, 3.63) is 12.2 Å². The molecule has 1 unspecified atom stereocenters. The third-order valence-electron chi connectivity index (χ3n) is 4.39. The molecule has 0 rings (SSSR count). The van der Waals surface area contributed by atoms with Gasteiger partial charge in [0.2, 0.25) is 6.36 Å². The van der Waals surface area contributed by atoms with Gasteiger partial charge in [-0.15, -0.1) is 0 Å². The number of halogens is 18. The Hall–Kier alpha value is -2.78. The minimum absolute atomic E-state index is 0.174. The SMILES string of the molecule is C=C(C)C(=O)OCCNC(=O)OC(F)CC(F)(F)C(F)(F)C(F)(F)C(F)(F)C(F)(F)C(F)(F)C(F)(F)C(F)(F)F. The summed E-state index contributed by atoms with van der Waals surface area (Å²) in [6.07, 6.45) is -17.9. The highest BCUT2D eigenvalue weighted by atomic mass is 19.4. The predicted molar refractivity (Wildman–Crippen MR) is 90.5 cm³/mol. The third kappa shape index (κ3) is 6.41. The van der Waals surface area contributed by atoms with Gasteiger partial charge in [0.25, 0.3) is 0 Å². The van der Waals surface area contributed by atoms with Crippen molar-refractivity contribution in [2.75, 3.05) is 13.2 Å². The number of ether oxygens (including phenoxy) is 2. The number of alkyl halides is 18. The summed E-state index contributed by atoms with van der Waals surface area (Å²) in [5.74, 6) is -59.4. The van der Waals surface area contributed by atoms with Crippen LogP contribution in [0.25, 0.3) is 0 Å². The summed E-state index contributed by atoms with van der Waals surface area (Å²) in [6, 6.07) is 0. The first kappa shape index (κ1) is 37.2. The van der Waals surface area contributed by atoms with E-state index in [4.69, 9.17) is 0 Å². The number of amides is 1. The fraction of sp³-hybridized carbons (Fsp3) is 0.765. The molecule has 0 aliphatic carbocycles. The number of esters is 1. The first-order valence-electron chi connectivity index (χ1n) is 9.49. The molecule has 236 valence electrons. The molecular weight excluding hydrogens is 624 g/mol. The molecule has 1 N–H and O–H groups in total. The lowest BCUT2D eigenvalue weighted by atomic mass is 9.88. The normalized spacial score (nSPS) is 15.4. The smallest absolute Gasteiger partial charge is 0.460 e. The molecule has 0 saturated heterocycles. The lowest BCUT2D eigenvalue weighted by Crippen LogP contribution is -2.74. The van der Waals surface area contributed by atoms with Crippen LogP contribution in [-0.4, -0.2) is 79.2 Å². The van der Waals surface area contributed by atoms with Crippen molar-refractivity contribution in [2.24, 2.45) is 0 Å². The Kier molecular flexibility index (Phi) is 10.5. The Bertz CT molecular complexity index is 945. The Morgan fingerprint density at radius 2 is 1.07 bits per heavy atom. The summed E-state index contributed by atoms with van der Waals surface area (Å²) in [4.78, 5) is 22.2. The van der Waals surface area contributed by atoms with E-state index in [9.17, 15) is 88.6 Å². The molecule has 0 spiro atoms. The van der Waals surface area contributed by atoms with E-state index in [1.165, 1.54) is 5.32 Å². The van der Waals surface area contributed by atoms with Crippen LogP contribution in [0.2, 0.25) is 0 Å². The van der Waals surface area contributed by atoms with Gasteiger partial charge < -0.3 is 14.8 Å². The quantitative estimate of drug-likeness (QED) is 0.108. The predicted octanol–water partition coefficient (Wildman–Crippen LogP) is 6.53. The van der Waals surface area contributed by atoms with Gasteiger partial charge in [-0.1, -0.05) is 6.58 Å². The summed E-state index contributed by atoms with van der Waals surface area (Å²) < 4.78 is 245. The van der Waals surface area contributed by atoms with Gasteiger partial charge in [0, 0.05) is 5.57 Å². The monoisotopic (exact) mass is 637 g/mol. The van der Waals surface area contributed by atoms with Crippen molar-refractivity contribution in [1.29, 1.82) is 0 Å². The molecule has 1 amide bonds. The zero-order chi connectivity index (χ0) is 32.6. The fourth-order valence-corrected chi connectivity index (χ4v) is 2.15. The second-order valence-corrected chi connectivity index (χ2v) is 7.51. The second kappa shape index (κ2) is 11.2. The van der Waals surface area contributed by atoms with E-state index >= 15 is 0 Å². The molecule has 0 aromatic rings. The van der Waals surface area contributed by atoms with Crippen LogP contribution >= 0.6 is 0 Å². The maximum atomic E-state index is 13.7. The maximum absolute atomic E-state index is 13.7. The Morgan fingerprint density at radius 3 is 1.45 bits per heavy atom. The van der Waals surface area contributed by atoms with Gasteiger partial charge in [0.1, 0.15) is 6.61 Å². The van der Waals surface area contributed by atoms with Crippen LogP contribution in [0.5, 0.6) is 0 Å². The number of carbonyl (C=O) groups is 2. The van der Waals surface area contributed by atoms with Crippen LogP contribution in [0.3, 0.4) is 0 Å². The molecule has 0 bridgehead atoms. The van der Waals surface area contributed by atoms with Crippen molar-refractivity contribution in [3.8, 4) is 0 Å². The van der Waals surface area contributed by atoms with Crippen LogP contribution in [0, 0.1) is 0 Å². The highest BCUT2D eigenvalue weighted by Crippen LogP contribution is 2.64. The highest BCUT2D eigenvalue weighted by Gasteiger charge is 2.95. The van der Waals surface area contributed by atoms with E-state index in [0.29, 0.717) is 0 Å². The van der Waals surface area contributed by atoms with Crippen molar-refractivity contribution in [1.82, 2.24) is 5.32 Å². The molecule has 0 heterocycles. The minimum Gasteiger partial charge on any atom is -0.460 e. The fourth-order valence-electron chi connectivity index (χ4n) is 2.15. The number of alkyl carbamates (subject to hydrolysis) is 1. The molecule has 0 aromatic heterocycles. The molecule has 40 heavy (non-hydrogen) atoms. The molecule has 5 nitrogen and oxygen atoms in total. The molecule has 0 fully saturated rings. The average molecular weight is 637 g/mol. The van der Waals surface area contributed by atoms with E-state index in [-0.39, 0.29) is 5.57 Å². The standard InChI is InChI=1S/C17H13F18NO4/c1-6(2)8(37)39-4-3-36-9(38)40-7(18)5-10(19,20)11(21,22)12(23,24)13(25,26)14(27,28)15(29,30)16(31,32)17(33,34)35/h7H,1,3-5H2,2H3,(H,36,38). The second-order valence-electron chi connectivity index (χ2n) is 7.51. The molecule has 0 aromatic carbocycles. The van der Waals surface area contributed by atoms with Crippen LogP contribution < -0.4 is 5.32 Å². The Morgan fingerprint density at radius 1 is 0.700 bits per heavy atom. The molecule has 0 aliphatic heterocycles. The van der Waals surface area contributed by atoms with Gasteiger partial charge in [0.15, 0.2) is 0 Å². The third-order valence-corrected chi connectivity index (χ3v) is 4.39. The van der Waals surface area contributed by atoms with Gasteiger partial charge in [0.05, 0.1) is 13.0 Å². The first-order valence-corrected chi connectivity index (χ1v) is 9.49. The van der Waals surface area contributed by atoms with Crippen LogP contribution in [0.1, 0.15) is 13.3 Å². The summed E-state index contributed by atoms with van der Waals surface area (Å²) in [5, 5.41) is 1.40. The van der Waals surface area contributed by atoms with E-state index in [2.05, 4.69) is 16.1 Å². The summed E-state index contributed by atoms with van der Waals surface area (Å²) in [5.41, 5.74) is -0.174. The van der Waals surface area contributed by atoms with Crippen molar-refractivity contribution in [3.63, 3.8) is 0 Å². The van der Waals surface area contributed by atoms with E-state index in [1.54, 1.807) is 0 Å². The van der Waals surface area contributed by atoms with Crippen molar-refractivity contribution < 1.29 is 98.1 Å². The summed E-state index contributed by atoms with van der Waals surface area (Å²) >= 11 is 0. The first-order chi connectivity index (χ1) is 17.4. The highest BCUT2D eigenvalue weighted by molar-refractivity contribution is 5.86. The number of hydrogen-bond acceptors (Lipinski definition) is 4. The maximum Gasteiger partial charge on any atom is 0.460 e. The molecule has 1 atom stereocenters. The number of rotatable bonds is 13. The van der Waals surface area contributed by atoms with Gasteiger partial charge in [-0.2, -0.15) is 74.6 Å². The molecule has 23 heteroatoms. The van der Waals surface area contributed by atoms with Gasteiger partial charge in [-0.3, -0.25) is 0 Å². The molecular formula is C17H13F18NO4. The largest absolute Gasteiger partial charge is 0.460 e. The van der Waals surface area contributed by atoms with E-state index < -0.39 is 85.6 Å². The zero-order valence-corrected chi connectivity index (χ0v) is 18.8. The van der Waals surface area contributed by atoms with E-state index in [0.717, 1.165) is 6.92 Å². The van der Waals surface area contributed by atoms with Crippen LogP contribution in [0.4, 0.5) is 83.8 Å². The number of hydrogen-bond donors (Lipinski definition) is 1. The average Bonchev–Trinajstić information content (AvgIpc) is 2.74. The number of nitrogens with one attached hydrogen (secondary N) is 1. The Labute approximate surface area is 209 Å². The lowest BCUT2D eigenvalue weighted by molar-refractivity contribution is -0.462. The van der Waals surface area contributed by atoms with Crippen LogP contribution in [0.15, 0.2) is 12.2 Å². The summed E-state index contributed by atoms with van der Waals surface area (Å²) in [6.45, 7) is 2.69. The topological polar surface area (TPSA) is 64.6 Å². The van der Waals surface area contributed by atoms with Gasteiger partial charge in [-0.25, -0.2) is 14.0 Å². The van der Waals surface area contributed by atoms with Crippen molar-refractivity contribution >= 4 is 12.1 Å².